The molecule has 1 aromatic heterocycles. The molecule has 0 saturated heterocycles. The topological polar surface area (TPSA) is 55.1 Å². The number of aliphatic carboxylic acids is 1. The number of halogens is 1. The van der Waals surface area contributed by atoms with E-state index in [1.165, 1.54) is 0 Å². The van der Waals surface area contributed by atoms with E-state index < -0.39 is 5.97 Å². The second kappa shape index (κ2) is 4.82. The summed E-state index contributed by atoms with van der Waals surface area (Å²) < 4.78 is 1.72. The first-order chi connectivity index (χ1) is 8.49. The van der Waals surface area contributed by atoms with E-state index in [4.69, 9.17) is 16.7 Å². The van der Waals surface area contributed by atoms with Crippen LogP contribution in [0.4, 0.5) is 0 Å². The molecule has 0 amide bonds. The van der Waals surface area contributed by atoms with Crippen LogP contribution in [0.5, 0.6) is 0 Å². The van der Waals surface area contributed by atoms with Gasteiger partial charge in [-0.15, -0.1) is 0 Å². The fourth-order valence-corrected chi connectivity index (χ4v) is 2.02. The molecule has 1 N–H and O–H groups in total. The molecule has 0 radical (unpaired) electrons. The van der Waals surface area contributed by atoms with Crippen molar-refractivity contribution in [3.8, 4) is 5.69 Å². The third-order valence-corrected chi connectivity index (χ3v) is 3.15. The van der Waals surface area contributed by atoms with Gasteiger partial charge in [0, 0.05) is 10.7 Å². The number of benzene rings is 1. The Balaban J connectivity index is 2.48. The second-order valence-electron chi connectivity index (χ2n) is 4.14. The van der Waals surface area contributed by atoms with Crippen molar-refractivity contribution in [2.45, 2.75) is 20.3 Å². The maximum atomic E-state index is 10.7. The Kier molecular flexibility index (Phi) is 3.39. The molecule has 0 aliphatic rings. The normalized spacial score (nSPS) is 10.6. The highest BCUT2D eigenvalue weighted by Gasteiger charge is 2.11. The van der Waals surface area contributed by atoms with Gasteiger partial charge in [-0.25, -0.2) is 4.68 Å². The quantitative estimate of drug-likeness (QED) is 0.927. The summed E-state index contributed by atoms with van der Waals surface area (Å²) in [6, 6.07) is 7.35. The number of aryl methyl sites for hydroxylation is 1. The summed E-state index contributed by atoms with van der Waals surface area (Å²) in [7, 11) is 0. The zero-order chi connectivity index (χ0) is 13.3. The summed E-state index contributed by atoms with van der Waals surface area (Å²) in [4.78, 5) is 10.7. The van der Waals surface area contributed by atoms with Crippen LogP contribution >= 0.6 is 11.6 Å². The molecule has 0 spiro atoms. The third-order valence-electron chi connectivity index (χ3n) is 2.74. The van der Waals surface area contributed by atoms with Gasteiger partial charge in [0.05, 0.1) is 17.8 Å². The molecule has 1 aromatic carbocycles. The average Bonchev–Trinajstić information content (AvgIpc) is 2.62. The van der Waals surface area contributed by atoms with E-state index in [2.05, 4.69) is 5.10 Å². The van der Waals surface area contributed by atoms with Crippen LogP contribution in [-0.2, 0) is 11.2 Å². The van der Waals surface area contributed by atoms with Gasteiger partial charge < -0.3 is 5.11 Å². The van der Waals surface area contributed by atoms with Crippen molar-refractivity contribution in [2.75, 3.05) is 0 Å². The van der Waals surface area contributed by atoms with Gasteiger partial charge in [-0.2, -0.15) is 5.10 Å². The Morgan fingerprint density at radius 1 is 1.44 bits per heavy atom. The van der Waals surface area contributed by atoms with Crippen molar-refractivity contribution in [3.05, 3.63) is 46.2 Å². The number of hydrogen-bond donors (Lipinski definition) is 1. The SMILES string of the molecule is Cc1c(Cl)cccc1-n1nc(CC(=O)O)cc1C. The summed E-state index contributed by atoms with van der Waals surface area (Å²) >= 11 is 6.07. The number of carbonyl (C=O) groups is 1. The first kappa shape index (κ1) is 12.6. The van der Waals surface area contributed by atoms with Crippen LogP contribution in [0, 0.1) is 13.8 Å². The summed E-state index contributed by atoms with van der Waals surface area (Å²) in [6.07, 6.45) is -0.0759. The molecule has 2 rings (SSSR count). The smallest absolute Gasteiger partial charge is 0.309 e. The summed E-state index contributed by atoms with van der Waals surface area (Å²) in [5, 5.41) is 13.7. The van der Waals surface area contributed by atoms with Crippen LogP contribution in [0.15, 0.2) is 24.3 Å². The number of nitrogens with zero attached hydrogens (tertiary/aromatic N) is 2. The van der Waals surface area contributed by atoms with Crippen molar-refractivity contribution >= 4 is 17.6 Å². The first-order valence-corrected chi connectivity index (χ1v) is 5.89. The number of carboxylic acid groups (broad SMARTS) is 1. The van der Waals surface area contributed by atoms with Crippen molar-refractivity contribution in [2.24, 2.45) is 0 Å². The standard InChI is InChI=1S/C13H13ClN2O2/c1-8-6-10(7-13(17)18)15-16(8)12-5-3-4-11(14)9(12)2/h3-6H,7H2,1-2H3,(H,17,18). The molecule has 0 fully saturated rings. The second-order valence-corrected chi connectivity index (χ2v) is 4.55. The van der Waals surface area contributed by atoms with Crippen LogP contribution in [0.25, 0.3) is 5.69 Å². The van der Waals surface area contributed by atoms with E-state index in [9.17, 15) is 4.79 Å². The highest BCUT2D eigenvalue weighted by molar-refractivity contribution is 6.31. The molecule has 0 aliphatic carbocycles. The molecule has 5 heteroatoms. The van der Waals surface area contributed by atoms with Crippen LogP contribution in [0.3, 0.4) is 0 Å². The lowest BCUT2D eigenvalue weighted by atomic mass is 10.2. The van der Waals surface area contributed by atoms with E-state index in [1.54, 1.807) is 10.7 Å². The molecule has 0 bridgehead atoms. The van der Waals surface area contributed by atoms with Crippen molar-refractivity contribution in [1.29, 1.82) is 0 Å². The van der Waals surface area contributed by atoms with Crippen LogP contribution in [0.2, 0.25) is 5.02 Å². The van der Waals surface area contributed by atoms with Crippen molar-refractivity contribution in [1.82, 2.24) is 9.78 Å². The zero-order valence-electron chi connectivity index (χ0n) is 10.1. The molecule has 0 atom stereocenters. The van der Waals surface area contributed by atoms with E-state index in [1.807, 2.05) is 32.0 Å². The van der Waals surface area contributed by atoms with Gasteiger partial charge in [0.25, 0.3) is 0 Å². The molecule has 18 heavy (non-hydrogen) atoms. The fourth-order valence-electron chi connectivity index (χ4n) is 1.85. The van der Waals surface area contributed by atoms with Gasteiger partial charge in [-0.1, -0.05) is 17.7 Å². The lowest BCUT2D eigenvalue weighted by Crippen LogP contribution is -2.04. The minimum atomic E-state index is -0.887. The monoisotopic (exact) mass is 264 g/mol. The van der Waals surface area contributed by atoms with E-state index in [0.29, 0.717) is 10.7 Å². The Bertz CT molecular complexity index is 605. The van der Waals surface area contributed by atoms with Gasteiger partial charge in [0.2, 0.25) is 0 Å². The number of hydrogen-bond acceptors (Lipinski definition) is 2. The average molecular weight is 265 g/mol. The molecule has 94 valence electrons. The Hall–Kier alpha value is -1.81. The molecule has 0 aliphatic heterocycles. The third kappa shape index (κ3) is 2.38. The predicted molar refractivity (Wildman–Crippen MR) is 69.4 cm³/mol. The van der Waals surface area contributed by atoms with Crippen molar-refractivity contribution < 1.29 is 9.90 Å². The minimum Gasteiger partial charge on any atom is -0.481 e. The Morgan fingerprint density at radius 3 is 2.83 bits per heavy atom. The summed E-state index contributed by atoms with van der Waals surface area (Å²) in [5.74, 6) is -0.887. The molecule has 2 aromatic rings. The fraction of sp³-hybridized carbons (Fsp3) is 0.231. The number of rotatable bonds is 3. The summed E-state index contributed by atoms with van der Waals surface area (Å²) in [6.45, 7) is 3.80. The molecule has 0 unspecified atom stereocenters. The number of carboxylic acids is 1. The predicted octanol–water partition coefficient (Wildman–Crippen LogP) is 2.77. The maximum Gasteiger partial charge on any atom is 0.309 e. The largest absolute Gasteiger partial charge is 0.481 e. The van der Waals surface area contributed by atoms with Crippen LogP contribution in [-0.4, -0.2) is 20.9 Å². The van der Waals surface area contributed by atoms with Gasteiger partial charge in [0.1, 0.15) is 0 Å². The van der Waals surface area contributed by atoms with Gasteiger partial charge in [-0.3, -0.25) is 4.79 Å². The van der Waals surface area contributed by atoms with E-state index in [-0.39, 0.29) is 6.42 Å². The first-order valence-electron chi connectivity index (χ1n) is 5.52. The van der Waals surface area contributed by atoms with Crippen LogP contribution in [0.1, 0.15) is 17.0 Å². The molecule has 0 saturated carbocycles. The Morgan fingerprint density at radius 2 is 2.17 bits per heavy atom. The maximum absolute atomic E-state index is 10.7. The van der Waals surface area contributed by atoms with Crippen molar-refractivity contribution in [3.63, 3.8) is 0 Å². The number of aromatic nitrogens is 2. The highest BCUT2D eigenvalue weighted by Crippen LogP contribution is 2.23. The molecular formula is C13H13ClN2O2. The Labute approximate surface area is 110 Å². The highest BCUT2D eigenvalue weighted by atomic mass is 35.5. The summed E-state index contributed by atoms with van der Waals surface area (Å²) in [5.41, 5.74) is 3.22. The lowest BCUT2D eigenvalue weighted by Gasteiger charge is -2.09. The van der Waals surface area contributed by atoms with Gasteiger partial charge in [-0.05, 0) is 37.6 Å². The lowest BCUT2D eigenvalue weighted by molar-refractivity contribution is -0.136. The van der Waals surface area contributed by atoms with E-state index >= 15 is 0 Å². The van der Waals surface area contributed by atoms with Gasteiger partial charge >= 0.3 is 5.97 Å². The molecular weight excluding hydrogens is 252 g/mol. The zero-order valence-corrected chi connectivity index (χ0v) is 10.9. The van der Waals surface area contributed by atoms with Crippen LogP contribution < -0.4 is 0 Å². The molecule has 4 nitrogen and oxygen atoms in total. The van der Waals surface area contributed by atoms with Gasteiger partial charge in [0.15, 0.2) is 0 Å². The minimum absolute atomic E-state index is 0.0759. The molecule has 1 heterocycles. The van der Waals surface area contributed by atoms with E-state index in [0.717, 1.165) is 16.9 Å².